The Kier molecular flexibility index (Phi) is 6.97. The van der Waals surface area contributed by atoms with E-state index in [1.54, 1.807) is 11.8 Å². The molecule has 1 aromatic rings. The number of rotatable bonds is 7. The molecule has 1 rings (SSSR count). The first-order valence-electron chi connectivity index (χ1n) is 5.93. The molecular formula is C13H20ClNOS. The molecule has 2 atom stereocenters. The standard InChI is InChI=1S/C13H20ClNOS/c1-2-12(15)13(17-9-5-8-16)10-6-3-4-7-11(10)14/h3-4,6-7,12-13,16H,2,5,8-9,15H2,1H3. The first kappa shape index (κ1) is 14.8. The molecule has 0 aliphatic heterocycles. The Labute approximate surface area is 113 Å². The van der Waals surface area contributed by atoms with Crippen LogP contribution in [0.5, 0.6) is 0 Å². The number of aliphatic hydroxyl groups is 1. The first-order chi connectivity index (χ1) is 8.20. The van der Waals surface area contributed by atoms with E-state index < -0.39 is 0 Å². The number of benzene rings is 1. The van der Waals surface area contributed by atoms with Crippen molar-refractivity contribution in [1.82, 2.24) is 0 Å². The van der Waals surface area contributed by atoms with Crippen molar-refractivity contribution >= 4 is 23.4 Å². The Morgan fingerprint density at radius 2 is 2.12 bits per heavy atom. The molecule has 96 valence electrons. The van der Waals surface area contributed by atoms with Gasteiger partial charge in [-0.3, -0.25) is 0 Å². The molecule has 0 amide bonds. The second-order valence-corrected chi connectivity index (χ2v) is 5.62. The third-order valence-electron chi connectivity index (χ3n) is 2.67. The van der Waals surface area contributed by atoms with E-state index in [1.165, 1.54) is 0 Å². The fourth-order valence-electron chi connectivity index (χ4n) is 1.64. The maximum Gasteiger partial charge on any atom is 0.0462 e. The van der Waals surface area contributed by atoms with Gasteiger partial charge < -0.3 is 10.8 Å². The van der Waals surface area contributed by atoms with Crippen LogP contribution < -0.4 is 5.73 Å². The van der Waals surface area contributed by atoms with E-state index in [0.717, 1.165) is 29.2 Å². The first-order valence-corrected chi connectivity index (χ1v) is 7.35. The zero-order valence-corrected chi connectivity index (χ0v) is 11.7. The summed E-state index contributed by atoms with van der Waals surface area (Å²) < 4.78 is 0. The highest BCUT2D eigenvalue weighted by Gasteiger charge is 2.20. The number of thioether (sulfide) groups is 1. The molecule has 0 bridgehead atoms. The Morgan fingerprint density at radius 3 is 2.71 bits per heavy atom. The highest BCUT2D eigenvalue weighted by atomic mass is 35.5. The quantitative estimate of drug-likeness (QED) is 0.750. The van der Waals surface area contributed by atoms with Crippen LogP contribution in [0.1, 0.15) is 30.6 Å². The van der Waals surface area contributed by atoms with E-state index in [9.17, 15) is 0 Å². The van der Waals surface area contributed by atoms with Crippen molar-refractivity contribution in [3.05, 3.63) is 34.9 Å². The summed E-state index contributed by atoms with van der Waals surface area (Å²) in [6, 6.07) is 7.95. The molecule has 17 heavy (non-hydrogen) atoms. The average Bonchev–Trinajstić information content (AvgIpc) is 2.35. The number of hydrogen-bond acceptors (Lipinski definition) is 3. The summed E-state index contributed by atoms with van der Waals surface area (Å²) in [7, 11) is 0. The Balaban J connectivity index is 2.79. The van der Waals surface area contributed by atoms with Gasteiger partial charge in [-0.25, -0.2) is 0 Å². The van der Waals surface area contributed by atoms with E-state index in [-0.39, 0.29) is 17.9 Å². The number of hydrogen-bond donors (Lipinski definition) is 2. The molecule has 0 fully saturated rings. The normalized spacial score (nSPS) is 14.6. The van der Waals surface area contributed by atoms with Crippen molar-refractivity contribution < 1.29 is 5.11 Å². The van der Waals surface area contributed by atoms with Crippen molar-refractivity contribution in [2.75, 3.05) is 12.4 Å². The van der Waals surface area contributed by atoms with E-state index in [4.69, 9.17) is 22.4 Å². The lowest BCUT2D eigenvalue weighted by atomic mass is 10.0. The van der Waals surface area contributed by atoms with Crippen molar-refractivity contribution in [2.45, 2.75) is 31.1 Å². The molecule has 1 aromatic carbocycles. The fourth-order valence-corrected chi connectivity index (χ4v) is 3.33. The topological polar surface area (TPSA) is 46.2 Å². The lowest BCUT2D eigenvalue weighted by Gasteiger charge is -2.23. The SMILES string of the molecule is CCC(N)C(SCCCO)c1ccccc1Cl. The predicted octanol–water partition coefficient (Wildman–Crippen LogP) is 3.23. The van der Waals surface area contributed by atoms with E-state index in [1.807, 2.05) is 24.3 Å². The smallest absolute Gasteiger partial charge is 0.0462 e. The van der Waals surface area contributed by atoms with Crippen LogP contribution in [0.25, 0.3) is 0 Å². The number of aliphatic hydroxyl groups excluding tert-OH is 1. The zero-order valence-electron chi connectivity index (χ0n) is 10.1. The van der Waals surface area contributed by atoms with Gasteiger partial charge in [0.05, 0.1) is 0 Å². The molecule has 4 heteroatoms. The van der Waals surface area contributed by atoms with Crippen molar-refractivity contribution in [3.63, 3.8) is 0 Å². The third-order valence-corrected chi connectivity index (χ3v) is 4.50. The lowest BCUT2D eigenvalue weighted by Crippen LogP contribution is -2.26. The van der Waals surface area contributed by atoms with E-state index >= 15 is 0 Å². The van der Waals surface area contributed by atoms with Crippen LogP contribution in [0.15, 0.2) is 24.3 Å². The van der Waals surface area contributed by atoms with Gasteiger partial charge in [-0.05, 0) is 30.2 Å². The molecule has 0 saturated heterocycles. The van der Waals surface area contributed by atoms with Crippen LogP contribution >= 0.6 is 23.4 Å². The van der Waals surface area contributed by atoms with Crippen LogP contribution in [0, 0.1) is 0 Å². The molecule has 0 aromatic heterocycles. The minimum Gasteiger partial charge on any atom is -0.396 e. The van der Waals surface area contributed by atoms with Crippen LogP contribution in [-0.2, 0) is 0 Å². The molecule has 0 aliphatic rings. The summed E-state index contributed by atoms with van der Waals surface area (Å²) in [4.78, 5) is 0. The Bertz CT molecular complexity index is 335. The summed E-state index contributed by atoms with van der Waals surface area (Å²) >= 11 is 7.99. The van der Waals surface area contributed by atoms with Gasteiger partial charge in [0, 0.05) is 22.9 Å². The van der Waals surface area contributed by atoms with Gasteiger partial charge in [0.2, 0.25) is 0 Å². The maximum atomic E-state index is 8.83. The van der Waals surface area contributed by atoms with Gasteiger partial charge in [0.15, 0.2) is 0 Å². The molecule has 0 radical (unpaired) electrons. The fraction of sp³-hybridized carbons (Fsp3) is 0.538. The summed E-state index contributed by atoms with van der Waals surface area (Å²) in [6.07, 6.45) is 1.71. The van der Waals surface area contributed by atoms with Crippen LogP contribution in [-0.4, -0.2) is 23.5 Å². The van der Waals surface area contributed by atoms with Crippen molar-refractivity contribution in [1.29, 1.82) is 0 Å². The van der Waals surface area contributed by atoms with Crippen LogP contribution in [0.4, 0.5) is 0 Å². The maximum absolute atomic E-state index is 8.83. The number of nitrogens with two attached hydrogens (primary N) is 1. The van der Waals surface area contributed by atoms with Crippen LogP contribution in [0.3, 0.4) is 0 Å². The molecule has 2 nitrogen and oxygen atoms in total. The largest absolute Gasteiger partial charge is 0.396 e. The molecular weight excluding hydrogens is 254 g/mol. The van der Waals surface area contributed by atoms with Gasteiger partial charge in [-0.2, -0.15) is 11.8 Å². The second-order valence-electron chi connectivity index (χ2n) is 3.96. The predicted molar refractivity (Wildman–Crippen MR) is 76.6 cm³/mol. The summed E-state index contributed by atoms with van der Waals surface area (Å²) in [6.45, 7) is 2.31. The zero-order chi connectivity index (χ0) is 12.7. The van der Waals surface area contributed by atoms with E-state index in [2.05, 4.69) is 6.92 Å². The highest BCUT2D eigenvalue weighted by Crippen LogP contribution is 2.36. The Hall–Kier alpha value is -0.220. The molecule has 0 aliphatic carbocycles. The molecule has 0 saturated carbocycles. The molecule has 0 spiro atoms. The average molecular weight is 274 g/mol. The molecule has 0 heterocycles. The second kappa shape index (κ2) is 7.98. The monoisotopic (exact) mass is 273 g/mol. The molecule has 2 unspecified atom stereocenters. The van der Waals surface area contributed by atoms with Crippen LogP contribution in [0.2, 0.25) is 5.02 Å². The van der Waals surface area contributed by atoms with E-state index in [0.29, 0.717) is 0 Å². The highest BCUT2D eigenvalue weighted by molar-refractivity contribution is 7.99. The minimum absolute atomic E-state index is 0.0959. The van der Waals surface area contributed by atoms with Gasteiger partial charge in [-0.1, -0.05) is 36.7 Å². The van der Waals surface area contributed by atoms with Gasteiger partial charge in [-0.15, -0.1) is 0 Å². The number of halogens is 1. The lowest BCUT2D eigenvalue weighted by molar-refractivity contribution is 0.296. The van der Waals surface area contributed by atoms with Gasteiger partial charge in [0.1, 0.15) is 0 Å². The van der Waals surface area contributed by atoms with Gasteiger partial charge >= 0.3 is 0 Å². The summed E-state index contributed by atoms with van der Waals surface area (Å²) in [5, 5.41) is 9.81. The minimum atomic E-state index is 0.0959. The third kappa shape index (κ3) is 4.51. The summed E-state index contributed by atoms with van der Waals surface area (Å²) in [5.74, 6) is 0.903. The molecule has 3 N–H and O–H groups in total. The van der Waals surface area contributed by atoms with Crippen molar-refractivity contribution in [3.8, 4) is 0 Å². The summed E-state index contributed by atoms with van der Waals surface area (Å²) in [5.41, 5.74) is 7.26. The Morgan fingerprint density at radius 1 is 1.41 bits per heavy atom. The van der Waals surface area contributed by atoms with Crippen molar-refractivity contribution in [2.24, 2.45) is 5.73 Å². The van der Waals surface area contributed by atoms with Gasteiger partial charge in [0.25, 0.3) is 0 Å².